The molecule has 8 heteroatoms. The largest absolute Gasteiger partial charge is 0.337 e. The highest BCUT2D eigenvalue weighted by Gasteiger charge is 2.08. The van der Waals surface area contributed by atoms with Crippen molar-refractivity contribution in [2.45, 2.75) is 37.3 Å². The van der Waals surface area contributed by atoms with Crippen LogP contribution in [0.2, 0.25) is 0 Å². The Hall–Kier alpha value is -1.41. The number of aromatic nitrogens is 6. The summed E-state index contributed by atoms with van der Waals surface area (Å²) >= 11 is 1.60. The predicted molar refractivity (Wildman–Crippen MR) is 73.7 cm³/mol. The normalized spacial score (nSPS) is 11.4. The monoisotopic (exact) mass is 281 g/mol. The number of tetrazole rings is 1. The van der Waals surface area contributed by atoms with Gasteiger partial charge in [0.05, 0.1) is 12.3 Å². The molecule has 2 aromatic heterocycles. The molecule has 1 N–H and O–H groups in total. The maximum absolute atomic E-state index is 4.28. The predicted octanol–water partition coefficient (Wildman–Crippen LogP) is 0.697. The molecular formula is C11H19N7S. The molecule has 0 spiro atoms. The first-order chi connectivity index (χ1) is 9.16. The molecule has 0 aliphatic carbocycles. The molecule has 0 atom stereocenters. The van der Waals surface area contributed by atoms with Gasteiger partial charge < -0.3 is 9.88 Å². The van der Waals surface area contributed by atoms with E-state index in [2.05, 4.69) is 39.7 Å². The molecule has 0 saturated heterocycles. The first-order valence-corrected chi connectivity index (χ1v) is 7.24. The number of nitrogens with one attached hydrogen (secondary N) is 1. The summed E-state index contributed by atoms with van der Waals surface area (Å²) in [5.41, 5.74) is 0. The third-order valence-corrected chi connectivity index (χ3v) is 3.58. The molecule has 19 heavy (non-hydrogen) atoms. The van der Waals surface area contributed by atoms with E-state index < -0.39 is 0 Å². The maximum atomic E-state index is 4.28. The molecule has 0 radical (unpaired) electrons. The molecule has 104 valence electrons. The summed E-state index contributed by atoms with van der Waals surface area (Å²) in [5, 5.41) is 16.0. The van der Waals surface area contributed by atoms with Gasteiger partial charge in [0.15, 0.2) is 0 Å². The number of hydrogen-bond donors (Lipinski definition) is 1. The van der Waals surface area contributed by atoms with Crippen LogP contribution in [0.4, 0.5) is 0 Å². The van der Waals surface area contributed by atoms with Gasteiger partial charge in [-0.15, -0.1) is 5.10 Å². The van der Waals surface area contributed by atoms with Crippen molar-refractivity contribution in [2.75, 3.05) is 6.54 Å². The molecule has 7 nitrogen and oxygen atoms in total. The molecule has 0 aliphatic rings. The lowest BCUT2D eigenvalue weighted by atomic mass is 10.4. The van der Waals surface area contributed by atoms with Crippen LogP contribution in [0.1, 0.15) is 19.7 Å². The fourth-order valence-electron chi connectivity index (χ4n) is 1.56. The molecule has 0 saturated carbocycles. The number of thioether (sulfide) groups is 1. The summed E-state index contributed by atoms with van der Waals surface area (Å²) in [6.45, 7) is 5.87. The van der Waals surface area contributed by atoms with Crippen LogP contribution in [0.25, 0.3) is 0 Å². The minimum atomic E-state index is 0.472. The van der Waals surface area contributed by atoms with Crippen molar-refractivity contribution in [1.29, 1.82) is 0 Å². The minimum absolute atomic E-state index is 0.472. The summed E-state index contributed by atoms with van der Waals surface area (Å²) in [7, 11) is 1.98. The SMILES string of the molecule is CC(C)NCCn1nnnc1SCc1nccn1C. The highest BCUT2D eigenvalue weighted by Crippen LogP contribution is 2.18. The van der Waals surface area contributed by atoms with Crippen molar-refractivity contribution in [2.24, 2.45) is 7.05 Å². The third-order valence-electron chi connectivity index (χ3n) is 2.63. The van der Waals surface area contributed by atoms with Crippen LogP contribution < -0.4 is 5.32 Å². The highest BCUT2D eigenvalue weighted by atomic mass is 32.2. The van der Waals surface area contributed by atoms with Crippen LogP contribution in [0.15, 0.2) is 17.6 Å². The summed E-state index contributed by atoms with van der Waals surface area (Å²) in [4.78, 5) is 4.28. The van der Waals surface area contributed by atoms with Gasteiger partial charge in [-0.1, -0.05) is 25.6 Å². The first kappa shape index (κ1) is 14.0. The molecule has 0 bridgehead atoms. The van der Waals surface area contributed by atoms with E-state index in [9.17, 15) is 0 Å². The first-order valence-electron chi connectivity index (χ1n) is 6.25. The van der Waals surface area contributed by atoms with E-state index in [-0.39, 0.29) is 0 Å². The molecule has 0 aliphatic heterocycles. The summed E-state index contributed by atoms with van der Waals surface area (Å²) in [5.74, 6) is 1.78. The second kappa shape index (κ2) is 6.67. The molecule has 0 unspecified atom stereocenters. The van der Waals surface area contributed by atoms with Crippen molar-refractivity contribution >= 4 is 11.8 Å². The van der Waals surface area contributed by atoms with Gasteiger partial charge in [0.25, 0.3) is 0 Å². The van der Waals surface area contributed by atoms with Crippen LogP contribution >= 0.6 is 11.8 Å². The molecule has 2 rings (SSSR count). The number of rotatable bonds is 7. The topological polar surface area (TPSA) is 73.5 Å². The second-order valence-corrected chi connectivity index (χ2v) is 5.48. The maximum Gasteiger partial charge on any atom is 0.209 e. The Morgan fingerprint density at radius 3 is 2.95 bits per heavy atom. The van der Waals surface area contributed by atoms with Crippen molar-refractivity contribution in [3.63, 3.8) is 0 Å². The summed E-state index contributed by atoms with van der Waals surface area (Å²) < 4.78 is 3.82. The Bertz CT molecular complexity index is 505. The molecular weight excluding hydrogens is 262 g/mol. The molecule has 0 fully saturated rings. The Morgan fingerprint density at radius 2 is 2.26 bits per heavy atom. The number of aryl methyl sites for hydroxylation is 1. The minimum Gasteiger partial charge on any atom is -0.337 e. The van der Waals surface area contributed by atoms with E-state index >= 15 is 0 Å². The van der Waals surface area contributed by atoms with Gasteiger partial charge in [-0.05, 0) is 10.4 Å². The zero-order valence-electron chi connectivity index (χ0n) is 11.4. The van der Waals surface area contributed by atoms with Crippen molar-refractivity contribution in [3.05, 3.63) is 18.2 Å². The van der Waals surface area contributed by atoms with Crippen LogP contribution in [-0.2, 0) is 19.3 Å². The number of imidazole rings is 1. The van der Waals surface area contributed by atoms with Gasteiger partial charge in [0, 0.05) is 32.0 Å². The fraction of sp³-hybridized carbons (Fsp3) is 0.636. The molecule has 2 heterocycles. The number of nitrogens with zero attached hydrogens (tertiary/aromatic N) is 6. The van der Waals surface area contributed by atoms with E-state index in [0.717, 1.165) is 29.8 Å². The fourth-order valence-corrected chi connectivity index (χ4v) is 2.47. The van der Waals surface area contributed by atoms with E-state index in [4.69, 9.17) is 0 Å². The van der Waals surface area contributed by atoms with Crippen LogP contribution in [-0.4, -0.2) is 42.3 Å². The van der Waals surface area contributed by atoms with Gasteiger partial charge >= 0.3 is 0 Å². The summed E-state index contributed by atoms with van der Waals surface area (Å²) in [6.07, 6.45) is 3.73. The lowest BCUT2D eigenvalue weighted by molar-refractivity contribution is 0.485. The van der Waals surface area contributed by atoms with Crippen molar-refractivity contribution < 1.29 is 0 Å². The zero-order valence-corrected chi connectivity index (χ0v) is 12.3. The third kappa shape index (κ3) is 4.03. The van der Waals surface area contributed by atoms with Gasteiger partial charge in [-0.25, -0.2) is 9.67 Å². The van der Waals surface area contributed by atoms with Gasteiger partial charge in [-0.3, -0.25) is 0 Å². The van der Waals surface area contributed by atoms with Gasteiger partial charge in [0.2, 0.25) is 5.16 Å². The number of hydrogen-bond acceptors (Lipinski definition) is 6. The quantitative estimate of drug-likeness (QED) is 0.753. The Labute approximate surface area is 116 Å². The van der Waals surface area contributed by atoms with E-state index in [0.29, 0.717) is 6.04 Å². The van der Waals surface area contributed by atoms with Gasteiger partial charge in [-0.2, -0.15) is 0 Å². The smallest absolute Gasteiger partial charge is 0.209 e. The highest BCUT2D eigenvalue weighted by molar-refractivity contribution is 7.98. The Morgan fingerprint density at radius 1 is 1.42 bits per heavy atom. The summed E-state index contributed by atoms with van der Waals surface area (Å²) in [6, 6.07) is 0.472. The second-order valence-electron chi connectivity index (χ2n) is 4.54. The zero-order chi connectivity index (χ0) is 13.7. The van der Waals surface area contributed by atoms with Crippen LogP contribution in [0, 0.1) is 0 Å². The standard InChI is InChI=1S/C11H19N7S/c1-9(2)12-5-7-18-11(14-15-16-18)19-8-10-13-4-6-17(10)3/h4,6,9,12H,5,7-8H2,1-3H3. The van der Waals surface area contributed by atoms with Crippen LogP contribution in [0.3, 0.4) is 0 Å². The van der Waals surface area contributed by atoms with E-state index in [1.165, 1.54) is 0 Å². The van der Waals surface area contributed by atoms with E-state index in [1.54, 1.807) is 18.0 Å². The average molecular weight is 281 g/mol. The van der Waals surface area contributed by atoms with Gasteiger partial charge in [0.1, 0.15) is 5.82 Å². The van der Waals surface area contributed by atoms with E-state index in [1.807, 2.05) is 22.5 Å². The van der Waals surface area contributed by atoms with Crippen molar-refractivity contribution in [1.82, 2.24) is 35.1 Å². The Balaban J connectivity index is 1.87. The lowest BCUT2D eigenvalue weighted by Gasteiger charge is -2.08. The molecule has 0 amide bonds. The molecule has 2 aromatic rings. The molecule has 0 aromatic carbocycles. The lowest BCUT2D eigenvalue weighted by Crippen LogP contribution is -2.27. The average Bonchev–Trinajstić information content (AvgIpc) is 2.95. The van der Waals surface area contributed by atoms with Crippen LogP contribution in [0.5, 0.6) is 0 Å². The van der Waals surface area contributed by atoms with Crippen molar-refractivity contribution in [3.8, 4) is 0 Å². The Kier molecular flexibility index (Phi) is 4.92.